The van der Waals surface area contributed by atoms with Crippen LogP contribution in [0.5, 0.6) is 11.5 Å². The van der Waals surface area contributed by atoms with Crippen molar-refractivity contribution in [1.82, 2.24) is 0 Å². The minimum atomic E-state index is -0.694. The van der Waals surface area contributed by atoms with Crippen molar-refractivity contribution < 1.29 is 23.4 Å². The maximum Gasteiger partial charge on any atom is 0.161 e. The Balaban J connectivity index is 2.22. The van der Waals surface area contributed by atoms with Gasteiger partial charge in [0.2, 0.25) is 0 Å². The average Bonchev–Trinajstić information content (AvgIpc) is 2.51. The van der Waals surface area contributed by atoms with Crippen molar-refractivity contribution in [2.24, 2.45) is 0 Å². The summed E-state index contributed by atoms with van der Waals surface area (Å²) in [7, 11) is 1.45. The first-order chi connectivity index (χ1) is 10.1. The zero-order chi connectivity index (χ0) is 15.4. The lowest BCUT2D eigenvalue weighted by molar-refractivity contribution is 0.268. The first-order valence-corrected chi connectivity index (χ1v) is 6.89. The molecule has 0 fully saturated rings. The van der Waals surface area contributed by atoms with Crippen LogP contribution in [0.15, 0.2) is 34.8 Å². The molecule has 21 heavy (non-hydrogen) atoms. The molecule has 6 heteroatoms. The summed E-state index contributed by atoms with van der Waals surface area (Å²) in [6, 6.07) is 7.29. The Labute approximate surface area is 129 Å². The van der Waals surface area contributed by atoms with Gasteiger partial charge in [-0.15, -0.1) is 0 Å². The molecule has 0 aliphatic rings. The van der Waals surface area contributed by atoms with Crippen LogP contribution >= 0.6 is 15.9 Å². The second kappa shape index (κ2) is 6.87. The van der Waals surface area contributed by atoms with Crippen molar-refractivity contribution in [2.75, 3.05) is 7.11 Å². The molecule has 0 saturated heterocycles. The number of hydrogen-bond acceptors (Lipinski definition) is 3. The van der Waals surface area contributed by atoms with Crippen molar-refractivity contribution in [3.05, 3.63) is 57.6 Å². The highest BCUT2D eigenvalue weighted by molar-refractivity contribution is 9.10. The van der Waals surface area contributed by atoms with E-state index >= 15 is 0 Å². The van der Waals surface area contributed by atoms with Crippen molar-refractivity contribution in [3.8, 4) is 11.5 Å². The van der Waals surface area contributed by atoms with Crippen molar-refractivity contribution in [2.45, 2.75) is 13.2 Å². The maximum atomic E-state index is 13.8. The Morgan fingerprint density at radius 1 is 1.14 bits per heavy atom. The minimum Gasteiger partial charge on any atom is -0.493 e. The standard InChI is InChI=1S/C15H13BrF2O3/c1-20-14-6-9(7-19)2-5-13(14)21-8-10-12(17)4-3-11(16)15(10)18/h2-6,19H,7-8H2,1H3. The van der Waals surface area contributed by atoms with Gasteiger partial charge in [-0.25, -0.2) is 8.78 Å². The number of aliphatic hydroxyl groups is 1. The second-order valence-electron chi connectivity index (χ2n) is 4.25. The molecule has 2 rings (SSSR count). The van der Waals surface area contributed by atoms with Gasteiger partial charge in [0, 0.05) is 0 Å². The van der Waals surface area contributed by atoms with Crippen LogP contribution in [-0.2, 0) is 13.2 Å². The molecule has 0 saturated carbocycles. The van der Waals surface area contributed by atoms with Gasteiger partial charge in [0.1, 0.15) is 18.2 Å². The van der Waals surface area contributed by atoms with E-state index in [2.05, 4.69) is 15.9 Å². The van der Waals surface area contributed by atoms with E-state index in [-0.39, 0.29) is 23.2 Å². The van der Waals surface area contributed by atoms with Gasteiger partial charge >= 0.3 is 0 Å². The van der Waals surface area contributed by atoms with Crippen LogP contribution in [-0.4, -0.2) is 12.2 Å². The van der Waals surface area contributed by atoms with Gasteiger partial charge in [-0.3, -0.25) is 0 Å². The van der Waals surface area contributed by atoms with Crippen molar-refractivity contribution in [1.29, 1.82) is 0 Å². The van der Waals surface area contributed by atoms with E-state index in [1.165, 1.54) is 13.2 Å². The summed E-state index contributed by atoms with van der Waals surface area (Å²) in [4.78, 5) is 0. The second-order valence-corrected chi connectivity index (χ2v) is 5.11. The number of methoxy groups -OCH3 is 1. The summed E-state index contributed by atoms with van der Waals surface area (Å²) in [6.07, 6.45) is 0. The molecule has 0 unspecified atom stereocenters. The molecule has 0 radical (unpaired) electrons. The third-order valence-electron chi connectivity index (χ3n) is 2.92. The van der Waals surface area contributed by atoms with Crippen LogP contribution in [0.3, 0.4) is 0 Å². The van der Waals surface area contributed by atoms with E-state index in [0.717, 1.165) is 6.07 Å². The highest BCUT2D eigenvalue weighted by Gasteiger charge is 2.14. The largest absolute Gasteiger partial charge is 0.493 e. The molecule has 0 heterocycles. The number of hydrogen-bond donors (Lipinski definition) is 1. The van der Waals surface area contributed by atoms with E-state index in [9.17, 15) is 8.78 Å². The Morgan fingerprint density at radius 3 is 2.57 bits per heavy atom. The van der Waals surface area contributed by atoms with Gasteiger partial charge in [0.05, 0.1) is 23.8 Å². The average molecular weight is 359 g/mol. The van der Waals surface area contributed by atoms with Gasteiger partial charge in [0.15, 0.2) is 11.5 Å². The molecule has 0 bridgehead atoms. The zero-order valence-electron chi connectivity index (χ0n) is 11.2. The van der Waals surface area contributed by atoms with Gasteiger partial charge < -0.3 is 14.6 Å². The van der Waals surface area contributed by atoms with E-state index < -0.39 is 11.6 Å². The monoisotopic (exact) mass is 358 g/mol. The van der Waals surface area contributed by atoms with Crippen LogP contribution in [0.1, 0.15) is 11.1 Å². The highest BCUT2D eigenvalue weighted by Crippen LogP contribution is 2.30. The van der Waals surface area contributed by atoms with E-state index in [0.29, 0.717) is 17.1 Å². The number of ether oxygens (including phenoxy) is 2. The first-order valence-electron chi connectivity index (χ1n) is 6.09. The molecule has 0 aromatic heterocycles. The third-order valence-corrected chi connectivity index (χ3v) is 3.53. The summed E-state index contributed by atoms with van der Waals surface area (Å²) in [6.45, 7) is -0.405. The van der Waals surface area contributed by atoms with E-state index in [1.54, 1.807) is 18.2 Å². The van der Waals surface area contributed by atoms with Crippen LogP contribution < -0.4 is 9.47 Å². The van der Waals surface area contributed by atoms with E-state index in [4.69, 9.17) is 14.6 Å². The lowest BCUT2D eigenvalue weighted by atomic mass is 10.2. The van der Waals surface area contributed by atoms with Gasteiger partial charge in [-0.2, -0.15) is 0 Å². The first kappa shape index (κ1) is 15.7. The van der Waals surface area contributed by atoms with Crippen LogP contribution in [0.25, 0.3) is 0 Å². The summed E-state index contributed by atoms with van der Waals surface area (Å²) < 4.78 is 38.2. The minimum absolute atomic E-state index is 0.133. The third kappa shape index (κ3) is 3.51. The maximum absolute atomic E-state index is 13.8. The molecular weight excluding hydrogens is 346 g/mol. The molecule has 2 aromatic rings. The smallest absolute Gasteiger partial charge is 0.161 e. The Morgan fingerprint density at radius 2 is 1.90 bits per heavy atom. The summed E-state index contributed by atoms with van der Waals surface area (Å²) in [5, 5.41) is 9.06. The van der Waals surface area contributed by atoms with Crippen molar-refractivity contribution >= 4 is 15.9 Å². The molecule has 0 aliphatic carbocycles. The summed E-state index contributed by atoms with van der Waals surface area (Å²) in [5.74, 6) is -0.645. The fourth-order valence-electron chi connectivity index (χ4n) is 1.78. The van der Waals surface area contributed by atoms with E-state index in [1.807, 2.05) is 0 Å². The van der Waals surface area contributed by atoms with Gasteiger partial charge in [0.25, 0.3) is 0 Å². The number of rotatable bonds is 5. The molecular formula is C15H13BrF2O3. The lowest BCUT2D eigenvalue weighted by Crippen LogP contribution is -2.04. The predicted molar refractivity (Wildman–Crippen MR) is 77.3 cm³/mol. The molecule has 0 amide bonds. The fourth-order valence-corrected chi connectivity index (χ4v) is 2.15. The molecule has 1 N–H and O–H groups in total. The fraction of sp³-hybridized carbons (Fsp3) is 0.200. The SMILES string of the molecule is COc1cc(CO)ccc1OCc1c(F)ccc(Br)c1F. The predicted octanol–water partition coefficient (Wildman–Crippen LogP) is 3.81. The lowest BCUT2D eigenvalue weighted by Gasteiger charge is -2.13. The highest BCUT2D eigenvalue weighted by atomic mass is 79.9. The summed E-state index contributed by atoms with van der Waals surface area (Å²) in [5.41, 5.74) is 0.483. The van der Waals surface area contributed by atoms with Gasteiger partial charge in [-0.1, -0.05) is 6.07 Å². The number of halogens is 3. The summed E-state index contributed by atoms with van der Waals surface area (Å²) >= 11 is 3.00. The molecule has 112 valence electrons. The molecule has 0 aliphatic heterocycles. The molecule has 3 nitrogen and oxygen atoms in total. The van der Waals surface area contributed by atoms with Gasteiger partial charge in [-0.05, 0) is 45.8 Å². The van der Waals surface area contributed by atoms with Crippen LogP contribution in [0, 0.1) is 11.6 Å². The van der Waals surface area contributed by atoms with Crippen LogP contribution in [0.4, 0.5) is 8.78 Å². The molecule has 0 atom stereocenters. The number of aliphatic hydroxyl groups excluding tert-OH is 1. The Hall–Kier alpha value is -1.66. The molecule has 0 spiro atoms. The van der Waals surface area contributed by atoms with Crippen molar-refractivity contribution in [3.63, 3.8) is 0 Å². The zero-order valence-corrected chi connectivity index (χ0v) is 12.8. The normalized spacial score (nSPS) is 10.5. The number of benzene rings is 2. The Bertz CT molecular complexity index is 647. The topological polar surface area (TPSA) is 38.7 Å². The van der Waals surface area contributed by atoms with Crippen LogP contribution in [0.2, 0.25) is 0 Å². The molecule has 2 aromatic carbocycles. The Kier molecular flexibility index (Phi) is 5.14. The quantitative estimate of drug-likeness (QED) is 0.826.